The Hall–Kier alpha value is -2.18. The molecule has 2 aromatic carbocycles. The van der Waals surface area contributed by atoms with E-state index < -0.39 is 17.4 Å². The number of aromatic nitrogens is 2. The Morgan fingerprint density at radius 1 is 1.12 bits per heavy atom. The largest absolute Gasteiger partial charge is 0.441 e. The molecule has 1 aromatic heterocycles. The molecule has 0 saturated carbocycles. The van der Waals surface area contributed by atoms with E-state index in [0.29, 0.717) is 5.56 Å². The standard InChI is InChI=1S/C16H10Cl2F2N2O2/c17-12-2-1-3-14(20)11(12)7-15-21-24-16(23)22(15)8-9-4-5-10(19)6-13(9)18/h1-6H,7-8H2. The Labute approximate surface area is 145 Å². The molecule has 0 aliphatic rings. The first-order valence-corrected chi connectivity index (χ1v) is 7.63. The van der Waals surface area contributed by atoms with Gasteiger partial charge in [-0.25, -0.2) is 13.6 Å². The van der Waals surface area contributed by atoms with Gasteiger partial charge in [0.1, 0.15) is 11.6 Å². The summed E-state index contributed by atoms with van der Waals surface area (Å²) in [5, 5.41) is 4.05. The van der Waals surface area contributed by atoms with Gasteiger partial charge in [0.2, 0.25) is 0 Å². The smallest absolute Gasteiger partial charge is 0.296 e. The highest BCUT2D eigenvalue weighted by molar-refractivity contribution is 6.31. The van der Waals surface area contributed by atoms with Gasteiger partial charge in [-0.05, 0) is 29.8 Å². The van der Waals surface area contributed by atoms with Crippen LogP contribution in [0.5, 0.6) is 0 Å². The summed E-state index contributed by atoms with van der Waals surface area (Å²) in [5.74, 6) is -1.53. The lowest BCUT2D eigenvalue weighted by atomic mass is 10.1. The first-order valence-electron chi connectivity index (χ1n) is 6.88. The van der Waals surface area contributed by atoms with Gasteiger partial charge in [-0.1, -0.05) is 40.5 Å². The molecule has 3 aromatic rings. The monoisotopic (exact) mass is 370 g/mol. The van der Waals surface area contributed by atoms with E-state index in [4.69, 9.17) is 23.2 Å². The summed E-state index contributed by atoms with van der Waals surface area (Å²) in [6.45, 7) is 0.0167. The van der Waals surface area contributed by atoms with Gasteiger partial charge in [0.25, 0.3) is 0 Å². The van der Waals surface area contributed by atoms with Gasteiger partial charge < -0.3 is 0 Å². The second kappa shape index (κ2) is 6.75. The van der Waals surface area contributed by atoms with Crippen molar-refractivity contribution in [3.63, 3.8) is 0 Å². The van der Waals surface area contributed by atoms with Crippen molar-refractivity contribution in [2.75, 3.05) is 0 Å². The number of halogens is 4. The van der Waals surface area contributed by atoms with Crippen molar-refractivity contribution in [3.05, 3.63) is 85.6 Å². The molecule has 1 heterocycles. The second-order valence-corrected chi connectivity index (χ2v) is 5.88. The van der Waals surface area contributed by atoms with Gasteiger partial charge in [-0.15, -0.1) is 0 Å². The zero-order chi connectivity index (χ0) is 17.3. The third-order valence-electron chi connectivity index (χ3n) is 3.50. The average molecular weight is 371 g/mol. The molecule has 0 radical (unpaired) electrons. The van der Waals surface area contributed by atoms with Crippen molar-refractivity contribution in [2.45, 2.75) is 13.0 Å². The van der Waals surface area contributed by atoms with Crippen molar-refractivity contribution in [3.8, 4) is 0 Å². The molecule has 24 heavy (non-hydrogen) atoms. The molecule has 124 valence electrons. The summed E-state index contributed by atoms with van der Waals surface area (Å²) >= 11 is 12.0. The fourth-order valence-electron chi connectivity index (χ4n) is 2.26. The summed E-state index contributed by atoms with van der Waals surface area (Å²) in [7, 11) is 0. The van der Waals surface area contributed by atoms with Crippen molar-refractivity contribution >= 4 is 23.2 Å². The van der Waals surface area contributed by atoms with E-state index in [-0.39, 0.29) is 34.4 Å². The maximum atomic E-state index is 13.9. The number of rotatable bonds is 4. The predicted molar refractivity (Wildman–Crippen MR) is 85.5 cm³/mol. The maximum Gasteiger partial charge on any atom is 0.441 e. The van der Waals surface area contributed by atoms with E-state index in [2.05, 4.69) is 9.68 Å². The Bertz CT molecular complexity index is 933. The van der Waals surface area contributed by atoms with Crippen LogP contribution in [0, 0.1) is 11.6 Å². The van der Waals surface area contributed by atoms with Crippen LogP contribution in [0.1, 0.15) is 17.0 Å². The van der Waals surface area contributed by atoms with Crippen LogP contribution in [0.25, 0.3) is 0 Å². The van der Waals surface area contributed by atoms with Crippen molar-refractivity contribution in [1.82, 2.24) is 9.72 Å². The Morgan fingerprint density at radius 2 is 1.92 bits per heavy atom. The molecule has 0 aliphatic carbocycles. The van der Waals surface area contributed by atoms with E-state index in [1.807, 2.05) is 0 Å². The summed E-state index contributed by atoms with van der Waals surface area (Å²) in [6.07, 6.45) is -0.0317. The minimum absolute atomic E-state index is 0.0167. The molecule has 0 aliphatic heterocycles. The molecular weight excluding hydrogens is 361 g/mol. The molecule has 0 unspecified atom stereocenters. The van der Waals surface area contributed by atoms with Crippen molar-refractivity contribution < 1.29 is 13.3 Å². The minimum Gasteiger partial charge on any atom is -0.296 e. The van der Waals surface area contributed by atoms with Crippen molar-refractivity contribution in [1.29, 1.82) is 0 Å². The highest BCUT2D eigenvalue weighted by atomic mass is 35.5. The Balaban J connectivity index is 1.96. The van der Waals surface area contributed by atoms with Gasteiger partial charge in [0.15, 0.2) is 5.82 Å². The Kier molecular flexibility index (Phi) is 4.69. The first kappa shape index (κ1) is 16.7. The number of hydrogen-bond acceptors (Lipinski definition) is 3. The summed E-state index contributed by atoms with van der Waals surface area (Å²) in [5.41, 5.74) is 0.704. The lowest BCUT2D eigenvalue weighted by Crippen LogP contribution is -2.18. The topological polar surface area (TPSA) is 48.0 Å². The lowest BCUT2D eigenvalue weighted by molar-refractivity contribution is 0.375. The fraction of sp³-hybridized carbons (Fsp3) is 0.125. The van der Waals surface area contributed by atoms with Crippen LogP contribution in [0.3, 0.4) is 0 Å². The average Bonchev–Trinajstić information content (AvgIpc) is 2.86. The van der Waals surface area contributed by atoms with E-state index >= 15 is 0 Å². The third kappa shape index (κ3) is 3.34. The van der Waals surface area contributed by atoms with Gasteiger partial charge >= 0.3 is 5.76 Å². The lowest BCUT2D eigenvalue weighted by Gasteiger charge is -2.08. The normalized spacial score (nSPS) is 11.0. The quantitative estimate of drug-likeness (QED) is 0.695. The number of hydrogen-bond donors (Lipinski definition) is 0. The van der Waals surface area contributed by atoms with Crippen LogP contribution in [0.15, 0.2) is 45.7 Å². The molecule has 0 spiro atoms. The molecule has 0 bridgehead atoms. The molecular formula is C16H10Cl2F2N2O2. The zero-order valence-corrected chi connectivity index (χ0v) is 13.6. The maximum absolute atomic E-state index is 13.9. The Morgan fingerprint density at radius 3 is 2.62 bits per heavy atom. The van der Waals surface area contributed by atoms with E-state index in [1.165, 1.54) is 28.8 Å². The molecule has 0 amide bonds. The van der Waals surface area contributed by atoms with Gasteiger partial charge in [-0.2, -0.15) is 0 Å². The highest BCUT2D eigenvalue weighted by Gasteiger charge is 2.17. The molecule has 8 heteroatoms. The predicted octanol–water partition coefficient (Wildman–Crippen LogP) is 4.06. The SMILES string of the molecule is O=c1onc(Cc2c(F)cccc2Cl)n1Cc1ccc(F)cc1Cl. The fourth-order valence-corrected chi connectivity index (χ4v) is 2.72. The number of benzene rings is 2. The van der Waals surface area contributed by atoms with Crippen LogP contribution < -0.4 is 5.76 Å². The van der Waals surface area contributed by atoms with E-state index in [0.717, 1.165) is 6.07 Å². The molecule has 0 fully saturated rings. The van der Waals surface area contributed by atoms with Gasteiger partial charge in [-0.3, -0.25) is 9.09 Å². The minimum atomic E-state index is -0.724. The van der Waals surface area contributed by atoms with Crippen molar-refractivity contribution in [2.24, 2.45) is 0 Å². The zero-order valence-electron chi connectivity index (χ0n) is 12.1. The molecule has 0 N–H and O–H groups in total. The summed E-state index contributed by atoms with van der Waals surface area (Å²) in [4.78, 5) is 11.9. The molecule has 3 rings (SSSR count). The number of nitrogens with zero attached hydrogens (tertiary/aromatic N) is 2. The summed E-state index contributed by atoms with van der Waals surface area (Å²) < 4.78 is 32.9. The van der Waals surface area contributed by atoms with E-state index in [9.17, 15) is 13.6 Å². The second-order valence-electron chi connectivity index (χ2n) is 5.06. The van der Waals surface area contributed by atoms with E-state index in [1.54, 1.807) is 6.07 Å². The van der Waals surface area contributed by atoms with Crippen LogP contribution in [0.2, 0.25) is 10.0 Å². The highest BCUT2D eigenvalue weighted by Crippen LogP contribution is 2.22. The summed E-state index contributed by atoms with van der Waals surface area (Å²) in [6, 6.07) is 8.11. The van der Waals surface area contributed by atoms with Crippen LogP contribution in [-0.4, -0.2) is 9.72 Å². The van der Waals surface area contributed by atoms with Gasteiger partial charge in [0, 0.05) is 22.0 Å². The van der Waals surface area contributed by atoms with Crippen LogP contribution in [0.4, 0.5) is 8.78 Å². The molecule has 0 saturated heterocycles. The first-order chi connectivity index (χ1) is 11.5. The van der Waals surface area contributed by atoms with Crippen LogP contribution >= 0.6 is 23.2 Å². The molecule has 4 nitrogen and oxygen atoms in total. The molecule has 0 atom stereocenters. The van der Waals surface area contributed by atoms with Crippen LogP contribution in [-0.2, 0) is 13.0 Å². The van der Waals surface area contributed by atoms with Gasteiger partial charge in [0.05, 0.1) is 6.54 Å². The third-order valence-corrected chi connectivity index (χ3v) is 4.21.